The lowest BCUT2D eigenvalue weighted by Crippen LogP contribution is -2.36. The number of methoxy groups -OCH3 is 3. The van der Waals surface area contributed by atoms with Crippen molar-refractivity contribution < 1.29 is 23.0 Å². The fourth-order valence-electron chi connectivity index (χ4n) is 2.50. The molecule has 2 aromatic rings. The Bertz CT molecular complexity index is 794. The van der Waals surface area contributed by atoms with Crippen molar-refractivity contribution in [3.8, 4) is 17.2 Å². The summed E-state index contributed by atoms with van der Waals surface area (Å²) in [7, 11) is 6.25. The van der Waals surface area contributed by atoms with Crippen LogP contribution >= 0.6 is 24.0 Å². The highest BCUT2D eigenvalue weighted by Crippen LogP contribution is 2.33. The largest absolute Gasteiger partial charge is 0.496 e. The van der Waals surface area contributed by atoms with Gasteiger partial charge in [0, 0.05) is 31.3 Å². The summed E-state index contributed by atoms with van der Waals surface area (Å²) in [6.45, 7) is 0.418. The molecule has 0 amide bonds. The van der Waals surface area contributed by atoms with Gasteiger partial charge >= 0.3 is 0 Å². The summed E-state index contributed by atoms with van der Waals surface area (Å²) in [5.41, 5.74) is 0.971. The quantitative estimate of drug-likeness (QED) is 0.342. The monoisotopic (exact) mass is 507 g/mol. The zero-order valence-electron chi connectivity index (χ0n) is 16.1. The molecule has 6 nitrogen and oxygen atoms in total. The van der Waals surface area contributed by atoms with E-state index in [-0.39, 0.29) is 36.1 Å². The molecule has 2 N–H and O–H groups in total. The Labute approximate surface area is 180 Å². The van der Waals surface area contributed by atoms with Crippen LogP contribution in [0.4, 0.5) is 8.78 Å². The fraction of sp³-hybridized carbons (Fsp3) is 0.316. The van der Waals surface area contributed by atoms with Crippen LogP contribution in [-0.2, 0) is 13.1 Å². The van der Waals surface area contributed by atoms with Crippen molar-refractivity contribution in [3.05, 3.63) is 53.1 Å². The number of aliphatic imine (C=N–C) groups is 1. The normalized spacial score (nSPS) is 10.7. The lowest BCUT2D eigenvalue weighted by molar-refractivity contribution is 0.368. The second-order valence-corrected chi connectivity index (χ2v) is 5.53. The molecular weight excluding hydrogens is 483 g/mol. The number of nitrogens with zero attached hydrogens (tertiary/aromatic N) is 1. The van der Waals surface area contributed by atoms with Crippen molar-refractivity contribution in [1.29, 1.82) is 0 Å². The zero-order chi connectivity index (χ0) is 19.8. The summed E-state index contributed by atoms with van der Waals surface area (Å²) in [6.07, 6.45) is 0. The number of rotatable bonds is 7. The molecule has 9 heteroatoms. The Morgan fingerprint density at radius 2 is 1.54 bits per heavy atom. The van der Waals surface area contributed by atoms with Crippen LogP contribution in [0.25, 0.3) is 0 Å². The first-order chi connectivity index (χ1) is 13.0. The minimum absolute atomic E-state index is 0. The Balaban J connectivity index is 0.00000392. The van der Waals surface area contributed by atoms with Gasteiger partial charge in [-0.3, -0.25) is 4.99 Å². The summed E-state index contributed by atoms with van der Waals surface area (Å²) in [5.74, 6) is 1.22. The van der Waals surface area contributed by atoms with E-state index >= 15 is 0 Å². The van der Waals surface area contributed by atoms with E-state index in [1.54, 1.807) is 40.5 Å². The van der Waals surface area contributed by atoms with Gasteiger partial charge < -0.3 is 24.8 Å². The molecule has 0 bridgehead atoms. The SMILES string of the molecule is CN=C(NCc1cc(F)ccc1F)NCc1c(OC)cc(OC)cc1OC.I. The molecule has 2 rings (SSSR count). The van der Waals surface area contributed by atoms with Crippen LogP contribution in [0.5, 0.6) is 17.2 Å². The Hall–Kier alpha value is -2.30. The van der Waals surface area contributed by atoms with E-state index in [0.29, 0.717) is 29.8 Å². The van der Waals surface area contributed by atoms with Crippen LogP contribution in [0.3, 0.4) is 0 Å². The van der Waals surface area contributed by atoms with Gasteiger partial charge in [-0.2, -0.15) is 0 Å². The van der Waals surface area contributed by atoms with Gasteiger partial charge in [-0.25, -0.2) is 8.78 Å². The first-order valence-corrected chi connectivity index (χ1v) is 8.19. The van der Waals surface area contributed by atoms with Gasteiger partial charge in [0.15, 0.2) is 5.96 Å². The van der Waals surface area contributed by atoms with Gasteiger partial charge in [0.25, 0.3) is 0 Å². The van der Waals surface area contributed by atoms with Gasteiger partial charge in [0.1, 0.15) is 28.9 Å². The Kier molecular flexibility index (Phi) is 9.77. The summed E-state index contributed by atoms with van der Waals surface area (Å²) in [6, 6.07) is 6.81. The molecule has 154 valence electrons. The van der Waals surface area contributed by atoms with Crippen molar-refractivity contribution in [2.75, 3.05) is 28.4 Å². The van der Waals surface area contributed by atoms with Crippen molar-refractivity contribution in [1.82, 2.24) is 10.6 Å². The average molecular weight is 507 g/mol. The van der Waals surface area contributed by atoms with Crippen LogP contribution in [0, 0.1) is 11.6 Å². The molecule has 28 heavy (non-hydrogen) atoms. The highest BCUT2D eigenvalue weighted by Gasteiger charge is 2.14. The number of ether oxygens (including phenoxy) is 3. The second-order valence-electron chi connectivity index (χ2n) is 5.53. The van der Waals surface area contributed by atoms with Gasteiger partial charge in [-0.05, 0) is 18.2 Å². The molecule has 2 aromatic carbocycles. The molecule has 0 aromatic heterocycles. The van der Waals surface area contributed by atoms with E-state index in [9.17, 15) is 8.78 Å². The maximum Gasteiger partial charge on any atom is 0.191 e. The number of guanidine groups is 1. The lowest BCUT2D eigenvalue weighted by Gasteiger charge is -2.17. The first kappa shape index (κ1) is 23.7. The van der Waals surface area contributed by atoms with E-state index < -0.39 is 11.6 Å². The van der Waals surface area contributed by atoms with Crippen LogP contribution in [-0.4, -0.2) is 34.3 Å². The molecular formula is C19H24F2IN3O3. The van der Waals surface area contributed by atoms with Crippen molar-refractivity contribution >= 4 is 29.9 Å². The average Bonchev–Trinajstić information content (AvgIpc) is 2.69. The Morgan fingerprint density at radius 3 is 2.07 bits per heavy atom. The molecule has 0 spiro atoms. The predicted molar refractivity (Wildman–Crippen MR) is 115 cm³/mol. The summed E-state index contributed by atoms with van der Waals surface area (Å²) < 4.78 is 43.0. The topological polar surface area (TPSA) is 64.1 Å². The number of hydrogen-bond acceptors (Lipinski definition) is 4. The second kappa shape index (κ2) is 11.5. The highest BCUT2D eigenvalue weighted by molar-refractivity contribution is 14.0. The summed E-state index contributed by atoms with van der Waals surface area (Å²) in [4.78, 5) is 4.09. The predicted octanol–water partition coefficient (Wildman–Crippen LogP) is 3.47. The molecule has 0 atom stereocenters. The standard InChI is InChI=1S/C19H23F2N3O3.HI/c1-22-19(23-10-12-7-13(20)5-6-16(12)21)24-11-15-17(26-3)8-14(25-2)9-18(15)27-4;/h5-9H,10-11H2,1-4H3,(H2,22,23,24);1H. The van der Waals surface area contributed by atoms with E-state index in [4.69, 9.17) is 14.2 Å². The smallest absolute Gasteiger partial charge is 0.191 e. The van der Waals surface area contributed by atoms with Gasteiger partial charge in [0.2, 0.25) is 0 Å². The van der Waals surface area contributed by atoms with Crippen LogP contribution in [0.1, 0.15) is 11.1 Å². The third-order valence-corrected chi connectivity index (χ3v) is 3.93. The third-order valence-electron chi connectivity index (χ3n) is 3.93. The molecule has 0 saturated heterocycles. The summed E-state index contributed by atoms with van der Waals surface area (Å²) in [5, 5.41) is 6.05. The maximum absolute atomic E-state index is 13.7. The lowest BCUT2D eigenvalue weighted by atomic mass is 10.1. The molecule has 0 unspecified atom stereocenters. The van der Waals surface area contributed by atoms with Gasteiger partial charge in [-0.1, -0.05) is 0 Å². The number of nitrogens with one attached hydrogen (secondary N) is 2. The van der Waals surface area contributed by atoms with E-state index in [1.165, 1.54) is 0 Å². The fourth-order valence-corrected chi connectivity index (χ4v) is 2.50. The minimum atomic E-state index is -0.496. The molecule has 0 fully saturated rings. The highest BCUT2D eigenvalue weighted by atomic mass is 127. The Morgan fingerprint density at radius 1 is 0.929 bits per heavy atom. The van der Waals surface area contributed by atoms with Crippen LogP contribution in [0.2, 0.25) is 0 Å². The maximum atomic E-state index is 13.7. The van der Waals surface area contributed by atoms with E-state index in [1.807, 2.05) is 0 Å². The zero-order valence-corrected chi connectivity index (χ0v) is 18.5. The van der Waals surface area contributed by atoms with E-state index in [2.05, 4.69) is 15.6 Å². The molecule has 0 aliphatic rings. The molecule has 0 radical (unpaired) electrons. The molecule has 0 saturated carbocycles. The van der Waals surface area contributed by atoms with Crippen LogP contribution in [0.15, 0.2) is 35.3 Å². The van der Waals surface area contributed by atoms with Crippen LogP contribution < -0.4 is 24.8 Å². The molecule has 0 aliphatic carbocycles. The molecule has 0 heterocycles. The van der Waals surface area contributed by atoms with Crippen molar-refractivity contribution in [3.63, 3.8) is 0 Å². The van der Waals surface area contributed by atoms with Gasteiger partial charge in [0.05, 0.1) is 33.4 Å². The number of hydrogen-bond donors (Lipinski definition) is 2. The van der Waals surface area contributed by atoms with E-state index in [0.717, 1.165) is 23.8 Å². The van der Waals surface area contributed by atoms with Gasteiger partial charge in [-0.15, -0.1) is 24.0 Å². The van der Waals surface area contributed by atoms with Crippen molar-refractivity contribution in [2.24, 2.45) is 4.99 Å². The molecule has 0 aliphatic heterocycles. The summed E-state index contributed by atoms with van der Waals surface area (Å²) >= 11 is 0. The number of halogens is 3. The third kappa shape index (κ3) is 6.11. The van der Waals surface area contributed by atoms with Crippen molar-refractivity contribution in [2.45, 2.75) is 13.1 Å². The minimum Gasteiger partial charge on any atom is -0.496 e. The number of benzene rings is 2. The first-order valence-electron chi connectivity index (χ1n) is 8.19.